The maximum absolute atomic E-state index is 2.30. The Kier molecular flexibility index (Phi) is 7.66. The van der Waals surface area contributed by atoms with E-state index in [0.717, 1.165) is 5.92 Å². The highest BCUT2D eigenvalue weighted by molar-refractivity contribution is 4.79. The molecule has 0 aliphatic heterocycles. The molecule has 0 amide bonds. The third-order valence-electron chi connectivity index (χ3n) is 2.25. The lowest BCUT2D eigenvalue weighted by Crippen LogP contribution is -1.96. The van der Waals surface area contributed by atoms with Gasteiger partial charge in [-0.3, -0.25) is 0 Å². The molecule has 0 aromatic rings. The van der Waals surface area contributed by atoms with Crippen molar-refractivity contribution in [3.63, 3.8) is 0 Å². The van der Waals surface area contributed by atoms with Crippen LogP contribution in [0.25, 0.3) is 0 Å². The molecule has 0 spiro atoms. The van der Waals surface area contributed by atoms with Gasteiger partial charge in [0.05, 0.1) is 0 Å². The minimum atomic E-state index is 0.936. The average molecular weight is 154 g/mol. The summed E-state index contributed by atoms with van der Waals surface area (Å²) in [5.41, 5.74) is 0. The van der Waals surface area contributed by atoms with Gasteiger partial charge in [-0.2, -0.15) is 0 Å². The second-order valence-electron chi connectivity index (χ2n) is 3.22. The first-order chi connectivity index (χ1) is 5.35. The number of rotatable bonds is 6. The van der Waals surface area contributed by atoms with Gasteiger partial charge in [-0.25, -0.2) is 0 Å². The van der Waals surface area contributed by atoms with Crippen molar-refractivity contribution in [2.45, 2.75) is 52.9 Å². The predicted molar refractivity (Wildman–Crippen MR) is 52.7 cm³/mol. The number of allylic oxidation sites excluding steroid dienone is 2. The van der Waals surface area contributed by atoms with Gasteiger partial charge < -0.3 is 0 Å². The van der Waals surface area contributed by atoms with Gasteiger partial charge in [-0.15, -0.1) is 0 Å². The molecule has 1 atom stereocenters. The third kappa shape index (κ3) is 6.15. The second kappa shape index (κ2) is 7.84. The van der Waals surface area contributed by atoms with Gasteiger partial charge in [0.15, 0.2) is 0 Å². The first-order valence-electron chi connectivity index (χ1n) is 4.96. The summed E-state index contributed by atoms with van der Waals surface area (Å²) in [7, 11) is 0. The van der Waals surface area contributed by atoms with Crippen molar-refractivity contribution in [3.05, 3.63) is 12.2 Å². The first kappa shape index (κ1) is 10.7. The molecule has 0 radical (unpaired) electrons. The van der Waals surface area contributed by atoms with Crippen molar-refractivity contribution >= 4 is 0 Å². The molecule has 0 saturated heterocycles. The smallest absolute Gasteiger partial charge is 0.0322 e. The second-order valence-corrected chi connectivity index (χ2v) is 3.22. The zero-order valence-electron chi connectivity index (χ0n) is 8.27. The highest BCUT2D eigenvalue weighted by atomic mass is 14.1. The van der Waals surface area contributed by atoms with Crippen LogP contribution in [0.3, 0.4) is 0 Å². The molecule has 0 aliphatic carbocycles. The Bertz CT molecular complexity index is 92.2. The fourth-order valence-electron chi connectivity index (χ4n) is 1.31. The molecule has 0 heterocycles. The van der Waals surface area contributed by atoms with E-state index < -0.39 is 0 Å². The normalized spacial score (nSPS) is 14.1. The van der Waals surface area contributed by atoms with Gasteiger partial charge in [-0.1, -0.05) is 51.7 Å². The molecular formula is C11H22. The molecular weight excluding hydrogens is 132 g/mol. The van der Waals surface area contributed by atoms with Crippen LogP contribution in [0.1, 0.15) is 52.9 Å². The summed E-state index contributed by atoms with van der Waals surface area (Å²) in [6, 6.07) is 0. The van der Waals surface area contributed by atoms with Gasteiger partial charge in [0, 0.05) is 0 Å². The Labute approximate surface area is 71.7 Å². The molecule has 0 bridgehead atoms. The van der Waals surface area contributed by atoms with Crippen LogP contribution >= 0.6 is 0 Å². The van der Waals surface area contributed by atoms with Crippen LogP contribution in [0.15, 0.2) is 12.2 Å². The van der Waals surface area contributed by atoms with Crippen LogP contribution in [0.2, 0.25) is 0 Å². The molecule has 0 heteroatoms. The zero-order valence-corrected chi connectivity index (χ0v) is 8.27. The van der Waals surface area contributed by atoms with Crippen molar-refractivity contribution in [1.29, 1.82) is 0 Å². The zero-order chi connectivity index (χ0) is 8.53. The van der Waals surface area contributed by atoms with Gasteiger partial charge in [-0.05, 0) is 19.3 Å². The van der Waals surface area contributed by atoms with E-state index in [9.17, 15) is 0 Å². The summed E-state index contributed by atoms with van der Waals surface area (Å²) < 4.78 is 0. The predicted octanol–water partition coefficient (Wildman–Crippen LogP) is 4.17. The van der Waals surface area contributed by atoms with E-state index >= 15 is 0 Å². The Balaban J connectivity index is 3.40. The molecule has 11 heavy (non-hydrogen) atoms. The summed E-state index contributed by atoms with van der Waals surface area (Å²) >= 11 is 0. The minimum Gasteiger partial charge on any atom is -0.0917 e. The van der Waals surface area contributed by atoms with E-state index in [1.807, 2.05) is 0 Å². The standard InChI is InChI=1S/C11H22/c1-4-7-9-11(6-3)10-8-5-2/h4,7,11H,5-6,8-10H2,1-3H3. The largest absolute Gasteiger partial charge is 0.0917 e. The summed E-state index contributed by atoms with van der Waals surface area (Å²) in [4.78, 5) is 0. The molecule has 66 valence electrons. The lowest BCUT2D eigenvalue weighted by Gasteiger charge is -2.10. The van der Waals surface area contributed by atoms with Crippen LogP contribution in [-0.2, 0) is 0 Å². The monoisotopic (exact) mass is 154 g/mol. The number of unbranched alkanes of at least 4 members (excludes halogenated alkanes) is 1. The van der Waals surface area contributed by atoms with Gasteiger partial charge in [0.1, 0.15) is 0 Å². The van der Waals surface area contributed by atoms with Crippen molar-refractivity contribution in [3.8, 4) is 0 Å². The summed E-state index contributed by atoms with van der Waals surface area (Å²) in [6.07, 6.45) is 11.2. The molecule has 0 aromatic heterocycles. The lowest BCUT2D eigenvalue weighted by atomic mass is 9.96. The number of hydrogen-bond acceptors (Lipinski definition) is 0. The van der Waals surface area contributed by atoms with Crippen molar-refractivity contribution in [1.82, 2.24) is 0 Å². The minimum absolute atomic E-state index is 0.936. The molecule has 0 aliphatic rings. The van der Waals surface area contributed by atoms with E-state index in [0.29, 0.717) is 0 Å². The number of hydrogen-bond donors (Lipinski definition) is 0. The van der Waals surface area contributed by atoms with Crippen LogP contribution in [0, 0.1) is 5.92 Å². The van der Waals surface area contributed by atoms with Gasteiger partial charge >= 0.3 is 0 Å². The SMILES string of the molecule is CC=CCC(CC)CCCC. The Hall–Kier alpha value is -0.260. The van der Waals surface area contributed by atoms with Crippen LogP contribution in [0.5, 0.6) is 0 Å². The molecule has 0 rings (SSSR count). The van der Waals surface area contributed by atoms with E-state index in [-0.39, 0.29) is 0 Å². The highest BCUT2D eigenvalue weighted by Crippen LogP contribution is 2.16. The average Bonchev–Trinajstić information content (AvgIpc) is 2.05. The molecule has 0 saturated carbocycles. The topological polar surface area (TPSA) is 0 Å². The van der Waals surface area contributed by atoms with Gasteiger partial charge in [0.2, 0.25) is 0 Å². The quantitative estimate of drug-likeness (QED) is 0.504. The molecule has 0 aromatic carbocycles. The van der Waals surface area contributed by atoms with Crippen molar-refractivity contribution in [2.24, 2.45) is 5.92 Å². The summed E-state index contributed by atoms with van der Waals surface area (Å²) in [6.45, 7) is 6.67. The van der Waals surface area contributed by atoms with Crippen molar-refractivity contribution < 1.29 is 0 Å². The Morgan fingerprint density at radius 3 is 2.45 bits per heavy atom. The summed E-state index contributed by atoms with van der Waals surface area (Å²) in [5.74, 6) is 0.936. The highest BCUT2D eigenvalue weighted by Gasteiger charge is 2.01. The molecule has 0 nitrogen and oxygen atoms in total. The van der Waals surface area contributed by atoms with Crippen LogP contribution in [0.4, 0.5) is 0 Å². The molecule has 0 fully saturated rings. The third-order valence-corrected chi connectivity index (χ3v) is 2.25. The molecule has 0 N–H and O–H groups in total. The van der Waals surface area contributed by atoms with Crippen LogP contribution < -0.4 is 0 Å². The fourth-order valence-corrected chi connectivity index (χ4v) is 1.31. The van der Waals surface area contributed by atoms with Crippen molar-refractivity contribution in [2.75, 3.05) is 0 Å². The maximum atomic E-state index is 2.30. The summed E-state index contributed by atoms with van der Waals surface area (Å²) in [5, 5.41) is 0. The Morgan fingerprint density at radius 2 is 2.00 bits per heavy atom. The molecule has 1 unspecified atom stereocenters. The van der Waals surface area contributed by atoms with Crippen LogP contribution in [-0.4, -0.2) is 0 Å². The maximum Gasteiger partial charge on any atom is -0.0322 e. The first-order valence-corrected chi connectivity index (χ1v) is 4.96. The van der Waals surface area contributed by atoms with Gasteiger partial charge in [0.25, 0.3) is 0 Å². The van der Waals surface area contributed by atoms with E-state index in [4.69, 9.17) is 0 Å². The van der Waals surface area contributed by atoms with E-state index in [1.165, 1.54) is 32.1 Å². The van der Waals surface area contributed by atoms with E-state index in [2.05, 4.69) is 32.9 Å². The lowest BCUT2D eigenvalue weighted by molar-refractivity contribution is 0.456. The fraction of sp³-hybridized carbons (Fsp3) is 0.818. The van der Waals surface area contributed by atoms with E-state index in [1.54, 1.807) is 0 Å². The Morgan fingerprint density at radius 1 is 1.27 bits per heavy atom.